The minimum atomic E-state index is -0.853. The summed E-state index contributed by atoms with van der Waals surface area (Å²) in [6.07, 6.45) is 2.67. The lowest BCUT2D eigenvalue weighted by molar-refractivity contribution is 0.286. The second kappa shape index (κ2) is 5.96. The maximum absolute atomic E-state index is 5.82. The minimum absolute atomic E-state index is 0. The summed E-state index contributed by atoms with van der Waals surface area (Å²) >= 11 is 0. The second-order valence-corrected chi connectivity index (χ2v) is 6.24. The molecular weight excluding hydrogens is 190 g/mol. The van der Waals surface area contributed by atoms with Gasteiger partial charge < -0.3 is 10.6 Å². The molecule has 14 heavy (non-hydrogen) atoms. The maximum atomic E-state index is 5.82. The van der Waals surface area contributed by atoms with Gasteiger partial charge in [0.15, 0.2) is 9.04 Å². The van der Waals surface area contributed by atoms with E-state index in [4.69, 9.17) is 4.43 Å². The molecule has 1 aromatic rings. The Labute approximate surface area is 87.6 Å². The maximum Gasteiger partial charge on any atom is 0.181 e. The molecule has 1 aromatic carbocycles. The fraction of sp³-hybridized carbons (Fsp3) is 0.455. The first-order chi connectivity index (χ1) is 6.45. The standard InChI is InChI=1S/C11H16OSi.H3N/c1-2-6-11(7-3-1)10-13-9-5-4-8-12-13;/h1-3,6-7,13H,4-5,8-10H2;1H3. The Bertz CT molecular complexity index is 247. The van der Waals surface area contributed by atoms with Gasteiger partial charge in [0.25, 0.3) is 0 Å². The van der Waals surface area contributed by atoms with Gasteiger partial charge in [0, 0.05) is 6.61 Å². The smallest absolute Gasteiger partial charge is 0.181 e. The van der Waals surface area contributed by atoms with Crippen LogP contribution in [0.15, 0.2) is 30.3 Å². The highest BCUT2D eigenvalue weighted by Crippen LogP contribution is 2.14. The lowest BCUT2D eigenvalue weighted by Crippen LogP contribution is -2.26. The van der Waals surface area contributed by atoms with E-state index in [9.17, 15) is 0 Å². The van der Waals surface area contributed by atoms with E-state index in [0.29, 0.717) is 0 Å². The van der Waals surface area contributed by atoms with Gasteiger partial charge >= 0.3 is 0 Å². The van der Waals surface area contributed by atoms with Gasteiger partial charge in [-0.15, -0.1) is 0 Å². The highest BCUT2D eigenvalue weighted by atomic mass is 28.3. The monoisotopic (exact) mass is 209 g/mol. The van der Waals surface area contributed by atoms with Gasteiger partial charge in [-0.2, -0.15) is 0 Å². The zero-order chi connectivity index (χ0) is 8.93. The Balaban J connectivity index is 0.000000980. The van der Waals surface area contributed by atoms with E-state index in [1.165, 1.54) is 30.5 Å². The Kier molecular flexibility index (Phi) is 4.86. The largest absolute Gasteiger partial charge is 0.420 e. The van der Waals surface area contributed by atoms with Crippen LogP contribution in [0.2, 0.25) is 6.04 Å². The molecule has 1 fully saturated rings. The van der Waals surface area contributed by atoms with Gasteiger partial charge in [-0.25, -0.2) is 0 Å². The predicted molar refractivity (Wildman–Crippen MR) is 62.3 cm³/mol. The second-order valence-electron chi connectivity index (χ2n) is 3.68. The zero-order valence-electron chi connectivity index (χ0n) is 8.61. The topological polar surface area (TPSA) is 44.2 Å². The van der Waals surface area contributed by atoms with Crippen molar-refractivity contribution >= 4 is 9.04 Å². The summed E-state index contributed by atoms with van der Waals surface area (Å²) in [5.74, 6) is 0. The average molecular weight is 209 g/mol. The molecule has 0 spiro atoms. The molecule has 2 rings (SSSR count). The molecule has 0 saturated carbocycles. The molecule has 1 aliphatic heterocycles. The van der Waals surface area contributed by atoms with Crippen molar-refractivity contribution in [2.45, 2.75) is 24.9 Å². The molecule has 3 N–H and O–H groups in total. The van der Waals surface area contributed by atoms with Crippen LogP contribution in [0.1, 0.15) is 18.4 Å². The number of hydrogen-bond acceptors (Lipinski definition) is 2. The van der Waals surface area contributed by atoms with Gasteiger partial charge in [0.05, 0.1) is 0 Å². The fourth-order valence-corrected chi connectivity index (χ4v) is 4.38. The van der Waals surface area contributed by atoms with Crippen LogP contribution in [0.3, 0.4) is 0 Å². The molecule has 0 bridgehead atoms. The van der Waals surface area contributed by atoms with Crippen molar-refractivity contribution in [2.75, 3.05) is 6.61 Å². The summed E-state index contributed by atoms with van der Waals surface area (Å²) < 4.78 is 5.82. The van der Waals surface area contributed by atoms with Crippen molar-refractivity contribution in [3.8, 4) is 0 Å². The Morgan fingerprint density at radius 3 is 2.57 bits per heavy atom. The van der Waals surface area contributed by atoms with E-state index in [0.717, 1.165) is 6.61 Å². The minimum Gasteiger partial charge on any atom is -0.420 e. The van der Waals surface area contributed by atoms with Crippen LogP contribution in [-0.4, -0.2) is 15.6 Å². The first-order valence-electron chi connectivity index (χ1n) is 5.11. The van der Waals surface area contributed by atoms with E-state index >= 15 is 0 Å². The molecule has 1 saturated heterocycles. The van der Waals surface area contributed by atoms with Gasteiger partial charge in [-0.1, -0.05) is 36.8 Å². The van der Waals surface area contributed by atoms with Crippen LogP contribution in [-0.2, 0) is 10.5 Å². The van der Waals surface area contributed by atoms with Crippen LogP contribution in [0.5, 0.6) is 0 Å². The van der Waals surface area contributed by atoms with E-state index in [-0.39, 0.29) is 6.15 Å². The zero-order valence-corrected chi connectivity index (χ0v) is 9.77. The van der Waals surface area contributed by atoms with Crippen LogP contribution in [0.25, 0.3) is 0 Å². The van der Waals surface area contributed by atoms with Gasteiger partial charge in [0.1, 0.15) is 0 Å². The van der Waals surface area contributed by atoms with Crippen molar-refractivity contribution < 1.29 is 4.43 Å². The van der Waals surface area contributed by atoms with Crippen LogP contribution in [0.4, 0.5) is 0 Å². The summed E-state index contributed by atoms with van der Waals surface area (Å²) in [6, 6.07) is 13.3. The molecule has 1 atom stereocenters. The van der Waals surface area contributed by atoms with Gasteiger partial charge in [-0.3, -0.25) is 0 Å². The Morgan fingerprint density at radius 1 is 1.14 bits per heavy atom. The summed E-state index contributed by atoms with van der Waals surface area (Å²) in [4.78, 5) is 0. The summed E-state index contributed by atoms with van der Waals surface area (Å²) in [6.45, 7) is 1.02. The molecule has 0 aliphatic carbocycles. The van der Waals surface area contributed by atoms with Gasteiger partial charge in [0.2, 0.25) is 0 Å². The van der Waals surface area contributed by atoms with Crippen LogP contribution < -0.4 is 6.15 Å². The Morgan fingerprint density at radius 2 is 1.93 bits per heavy atom. The first-order valence-corrected chi connectivity index (χ1v) is 7.21. The number of benzene rings is 1. The van der Waals surface area contributed by atoms with E-state index in [1.54, 1.807) is 0 Å². The van der Waals surface area contributed by atoms with E-state index < -0.39 is 9.04 Å². The molecule has 2 nitrogen and oxygen atoms in total. The molecule has 1 heterocycles. The SMILES string of the molecule is N.c1ccc(C[SiH]2CCCCO2)cc1. The highest BCUT2D eigenvalue weighted by molar-refractivity contribution is 6.51. The van der Waals surface area contributed by atoms with Crippen molar-refractivity contribution in [1.82, 2.24) is 6.15 Å². The van der Waals surface area contributed by atoms with Crippen molar-refractivity contribution in [3.05, 3.63) is 35.9 Å². The third-order valence-corrected chi connectivity index (χ3v) is 5.27. The fourth-order valence-electron chi connectivity index (χ4n) is 1.85. The molecule has 78 valence electrons. The molecule has 0 amide bonds. The molecule has 0 aromatic heterocycles. The first kappa shape index (κ1) is 11.4. The Hall–Kier alpha value is -0.643. The lowest BCUT2D eigenvalue weighted by atomic mass is 10.2. The van der Waals surface area contributed by atoms with Crippen LogP contribution in [0, 0.1) is 0 Å². The normalized spacial score (nSPS) is 21.3. The molecule has 0 radical (unpaired) electrons. The van der Waals surface area contributed by atoms with Crippen molar-refractivity contribution in [3.63, 3.8) is 0 Å². The third kappa shape index (κ3) is 3.25. The number of hydrogen-bond donors (Lipinski definition) is 1. The molecule has 1 aliphatic rings. The van der Waals surface area contributed by atoms with Crippen LogP contribution >= 0.6 is 0 Å². The predicted octanol–water partition coefficient (Wildman–Crippen LogP) is 2.46. The summed E-state index contributed by atoms with van der Waals surface area (Å²) in [5, 5.41) is 0. The van der Waals surface area contributed by atoms with Crippen molar-refractivity contribution in [1.29, 1.82) is 0 Å². The third-order valence-electron chi connectivity index (χ3n) is 2.58. The van der Waals surface area contributed by atoms with Crippen molar-refractivity contribution in [2.24, 2.45) is 0 Å². The number of rotatable bonds is 2. The lowest BCUT2D eigenvalue weighted by Gasteiger charge is -2.20. The molecular formula is C11H19NOSi. The quantitative estimate of drug-likeness (QED) is 0.760. The summed E-state index contributed by atoms with van der Waals surface area (Å²) in [5.41, 5.74) is 1.46. The molecule has 1 unspecified atom stereocenters. The van der Waals surface area contributed by atoms with E-state index in [1.807, 2.05) is 0 Å². The average Bonchev–Trinajstić information content (AvgIpc) is 2.21. The molecule has 3 heteroatoms. The summed E-state index contributed by atoms with van der Waals surface area (Å²) in [7, 11) is -0.853. The van der Waals surface area contributed by atoms with Gasteiger partial charge in [-0.05, 0) is 24.1 Å². The van der Waals surface area contributed by atoms with E-state index in [2.05, 4.69) is 30.3 Å². The highest BCUT2D eigenvalue weighted by Gasteiger charge is 2.15.